The van der Waals surface area contributed by atoms with Crippen LogP contribution in [0, 0.1) is 5.92 Å². The van der Waals surface area contributed by atoms with Crippen molar-refractivity contribution in [1.82, 2.24) is 0 Å². The van der Waals surface area contributed by atoms with Gasteiger partial charge >= 0.3 is 12.1 Å². The first-order chi connectivity index (χ1) is 13.9. The van der Waals surface area contributed by atoms with Crippen LogP contribution in [0.1, 0.15) is 31.4 Å². The molecule has 0 aliphatic carbocycles. The lowest BCUT2D eigenvalue weighted by Gasteiger charge is -2.24. The Morgan fingerprint density at radius 1 is 1.14 bits per heavy atom. The van der Waals surface area contributed by atoms with Crippen LogP contribution in [0.2, 0.25) is 0 Å². The number of hydrogen-bond acceptors (Lipinski definition) is 5. The molecule has 7 heteroatoms. The summed E-state index contributed by atoms with van der Waals surface area (Å²) in [5, 5.41) is 21.0. The molecule has 2 atom stereocenters. The van der Waals surface area contributed by atoms with Crippen LogP contribution in [0.5, 0.6) is 5.75 Å². The summed E-state index contributed by atoms with van der Waals surface area (Å²) in [4.78, 5) is 24.2. The van der Waals surface area contributed by atoms with Crippen LogP contribution in [-0.4, -0.2) is 28.5 Å². The Balaban J connectivity index is 2.07. The minimum absolute atomic E-state index is 0.0670. The number of allylic oxidation sites excluding steroid dienone is 1. The normalized spacial score (nSPS) is 13.0. The number of benzene rings is 2. The summed E-state index contributed by atoms with van der Waals surface area (Å²) in [5.74, 6) is -0.929. The fourth-order valence-electron chi connectivity index (χ4n) is 2.81. The number of rotatable bonds is 9. The molecule has 0 unspecified atom stereocenters. The molecule has 2 aromatic carbocycles. The second kappa shape index (κ2) is 11.2. The van der Waals surface area contributed by atoms with E-state index in [1.54, 1.807) is 42.1 Å². The summed E-state index contributed by atoms with van der Waals surface area (Å²) in [6, 6.07) is 14.0. The van der Waals surface area contributed by atoms with E-state index >= 15 is 0 Å². The van der Waals surface area contributed by atoms with Gasteiger partial charge in [0.15, 0.2) is 0 Å². The Labute approximate surface area is 174 Å². The molecule has 0 aromatic heterocycles. The zero-order valence-corrected chi connectivity index (χ0v) is 17.2. The lowest BCUT2D eigenvalue weighted by molar-refractivity contribution is -0.131. The lowest BCUT2D eigenvalue weighted by Crippen LogP contribution is -2.22. The number of carboxylic acid groups (broad SMARTS) is 1. The van der Waals surface area contributed by atoms with Crippen molar-refractivity contribution in [3.63, 3.8) is 0 Å². The van der Waals surface area contributed by atoms with Gasteiger partial charge < -0.3 is 14.9 Å². The molecule has 6 nitrogen and oxygen atoms in total. The SMILES string of the molecule is CSc1ccc(NC(=O)O[C@H](c2ccc(O)cc2)[C@@H](C)CC/C=C/C(=O)O)cc1. The number of nitrogens with one attached hydrogen (secondary N) is 1. The number of phenolic OH excluding ortho intramolecular Hbond substituents is 1. The third kappa shape index (κ3) is 7.54. The van der Waals surface area contributed by atoms with Crippen LogP contribution in [-0.2, 0) is 9.53 Å². The number of ether oxygens (including phenoxy) is 1. The number of thioether (sulfide) groups is 1. The van der Waals surface area contributed by atoms with Gasteiger partial charge in [-0.15, -0.1) is 11.8 Å². The molecule has 0 saturated heterocycles. The summed E-state index contributed by atoms with van der Waals surface area (Å²) in [6.07, 6.45) is 4.72. The average Bonchev–Trinajstić information content (AvgIpc) is 2.70. The van der Waals surface area contributed by atoms with Crippen molar-refractivity contribution >= 4 is 29.5 Å². The number of carboxylic acids is 1. The van der Waals surface area contributed by atoms with Gasteiger partial charge in [0.2, 0.25) is 0 Å². The maximum atomic E-state index is 12.5. The highest BCUT2D eigenvalue weighted by Crippen LogP contribution is 2.31. The van der Waals surface area contributed by atoms with Crippen LogP contribution in [0.25, 0.3) is 0 Å². The Morgan fingerprint density at radius 2 is 1.79 bits per heavy atom. The zero-order chi connectivity index (χ0) is 21.2. The van der Waals surface area contributed by atoms with E-state index in [1.807, 2.05) is 37.4 Å². The van der Waals surface area contributed by atoms with Gasteiger partial charge in [0.25, 0.3) is 0 Å². The number of carbonyl (C=O) groups excluding carboxylic acids is 1. The molecule has 0 saturated carbocycles. The van der Waals surface area contributed by atoms with Crippen molar-refractivity contribution in [3.05, 3.63) is 66.2 Å². The number of anilines is 1. The molecule has 0 aliphatic heterocycles. The second-order valence-electron chi connectivity index (χ2n) is 6.57. The first kappa shape index (κ1) is 22.4. The maximum Gasteiger partial charge on any atom is 0.412 e. The van der Waals surface area contributed by atoms with E-state index in [0.717, 1.165) is 16.5 Å². The summed E-state index contributed by atoms with van der Waals surface area (Å²) in [6.45, 7) is 1.94. The maximum absolute atomic E-state index is 12.5. The molecule has 0 fully saturated rings. The van der Waals surface area contributed by atoms with Crippen molar-refractivity contribution in [2.24, 2.45) is 5.92 Å². The molecule has 0 heterocycles. The third-order valence-corrected chi connectivity index (χ3v) is 5.10. The standard InChI is InChI=1S/C22H25NO5S/c1-15(5-3-4-6-20(25)26)21(16-7-11-18(24)12-8-16)28-22(27)23-17-9-13-19(29-2)14-10-17/h4,6-15,21,24H,3,5H2,1-2H3,(H,23,27)(H,25,26)/b6-4+/t15-,21-/m0/s1. The van der Waals surface area contributed by atoms with Crippen LogP contribution >= 0.6 is 11.8 Å². The van der Waals surface area contributed by atoms with Gasteiger partial charge in [-0.3, -0.25) is 5.32 Å². The first-order valence-electron chi connectivity index (χ1n) is 9.19. The Hall–Kier alpha value is -2.93. The van der Waals surface area contributed by atoms with Crippen LogP contribution < -0.4 is 5.32 Å². The second-order valence-corrected chi connectivity index (χ2v) is 7.45. The van der Waals surface area contributed by atoms with Gasteiger partial charge in [-0.2, -0.15) is 0 Å². The predicted molar refractivity (Wildman–Crippen MR) is 114 cm³/mol. The highest BCUT2D eigenvalue weighted by Gasteiger charge is 2.23. The van der Waals surface area contributed by atoms with Crippen molar-refractivity contribution in [2.75, 3.05) is 11.6 Å². The molecular formula is C22H25NO5S. The average molecular weight is 416 g/mol. The van der Waals surface area contributed by atoms with E-state index in [1.165, 1.54) is 0 Å². The van der Waals surface area contributed by atoms with Crippen molar-refractivity contribution in [1.29, 1.82) is 0 Å². The molecule has 154 valence electrons. The van der Waals surface area contributed by atoms with E-state index in [2.05, 4.69) is 5.32 Å². The monoisotopic (exact) mass is 415 g/mol. The van der Waals surface area contributed by atoms with Gasteiger partial charge in [0.1, 0.15) is 11.9 Å². The van der Waals surface area contributed by atoms with Gasteiger partial charge in [-0.25, -0.2) is 9.59 Å². The minimum atomic E-state index is -0.990. The summed E-state index contributed by atoms with van der Waals surface area (Å²) in [5.41, 5.74) is 1.39. The van der Waals surface area contributed by atoms with Gasteiger partial charge in [-0.1, -0.05) is 25.1 Å². The molecule has 0 aliphatic rings. The molecule has 3 N–H and O–H groups in total. The highest BCUT2D eigenvalue weighted by molar-refractivity contribution is 7.98. The lowest BCUT2D eigenvalue weighted by atomic mass is 9.93. The number of carbonyl (C=O) groups is 2. The van der Waals surface area contributed by atoms with Crippen molar-refractivity contribution < 1.29 is 24.5 Å². The molecule has 2 aromatic rings. The number of hydrogen-bond donors (Lipinski definition) is 3. The largest absolute Gasteiger partial charge is 0.508 e. The van der Waals surface area contributed by atoms with Gasteiger partial charge in [-0.05, 0) is 67.0 Å². The molecule has 0 bridgehead atoms. The topological polar surface area (TPSA) is 95.9 Å². The van der Waals surface area contributed by atoms with E-state index in [9.17, 15) is 14.7 Å². The van der Waals surface area contributed by atoms with Gasteiger partial charge in [0.05, 0.1) is 0 Å². The number of phenols is 1. The highest BCUT2D eigenvalue weighted by atomic mass is 32.2. The van der Waals surface area contributed by atoms with Crippen molar-refractivity contribution in [3.8, 4) is 5.75 Å². The molecule has 0 radical (unpaired) electrons. The van der Waals surface area contributed by atoms with E-state index < -0.39 is 18.2 Å². The number of aromatic hydroxyl groups is 1. The zero-order valence-electron chi connectivity index (χ0n) is 16.4. The molecule has 2 rings (SSSR count). The smallest absolute Gasteiger partial charge is 0.412 e. The molecular weight excluding hydrogens is 390 g/mol. The van der Waals surface area contributed by atoms with E-state index in [0.29, 0.717) is 18.5 Å². The number of aliphatic carboxylic acids is 1. The summed E-state index contributed by atoms with van der Waals surface area (Å²) in [7, 11) is 0. The summed E-state index contributed by atoms with van der Waals surface area (Å²) >= 11 is 1.61. The van der Waals surface area contributed by atoms with Crippen molar-refractivity contribution in [2.45, 2.75) is 30.8 Å². The van der Waals surface area contributed by atoms with Crippen LogP contribution in [0.4, 0.5) is 10.5 Å². The third-order valence-electron chi connectivity index (χ3n) is 4.36. The molecule has 0 spiro atoms. The predicted octanol–water partition coefficient (Wildman–Crippen LogP) is 5.46. The van der Waals surface area contributed by atoms with Crippen LogP contribution in [0.15, 0.2) is 65.6 Å². The minimum Gasteiger partial charge on any atom is -0.508 e. The fourth-order valence-corrected chi connectivity index (χ4v) is 3.22. The van der Waals surface area contributed by atoms with E-state index in [4.69, 9.17) is 9.84 Å². The van der Waals surface area contributed by atoms with E-state index in [-0.39, 0.29) is 11.7 Å². The first-order valence-corrected chi connectivity index (χ1v) is 10.4. The molecule has 29 heavy (non-hydrogen) atoms. The quantitative estimate of drug-likeness (QED) is 0.372. The van der Waals surface area contributed by atoms with Gasteiger partial charge in [0, 0.05) is 16.7 Å². The number of amides is 1. The Morgan fingerprint density at radius 3 is 2.38 bits per heavy atom. The fraction of sp³-hybridized carbons (Fsp3) is 0.273. The summed E-state index contributed by atoms with van der Waals surface area (Å²) < 4.78 is 5.70. The Kier molecular flexibility index (Phi) is 8.61. The van der Waals surface area contributed by atoms with Crippen LogP contribution in [0.3, 0.4) is 0 Å². The Bertz CT molecular complexity index is 833. The molecule has 1 amide bonds.